The summed E-state index contributed by atoms with van der Waals surface area (Å²) in [6.07, 6.45) is 5.33. The summed E-state index contributed by atoms with van der Waals surface area (Å²) >= 11 is 0. The molecule has 8 heteroatoms. The first-order chi connectivity index (χ1) is 12.9. The van der Waals surface area contributed by atoms with Crippen LogP contribution < -0.4 is 21.9 Å². The number of hydrogen-bond acceptors (Lipinski definition) is 5. The highest BCUT2D eigenvalue weighted by molar-refractivity contribution is 5.75. The average molecular weight is 372 g/mol. The van der Waals surface area contributed by atoms with E-state index in [4.69, 9.17) is 10.7 Å². The minimum Gasteiger partial charge on any atom is -0.341 e. The van der Waals surface area contributed by atoms with Crippen LogP contribution in [-0.2, 0) is 20.6 Å². The lowest BCUT2D eigenvalue weighted by molar-refractivity contribution is 0.495. The van der Waals surface area contributed by atoms with Gasteiger partial charge in [-0.15, -0.1) is 0 Å². The molecule has 1 fully saturated rings. The molecule has 0 spiro atoms. The van der Waals surface area contributed by atoms with Crippen molar-refractivity contribution in [2.45, 2.75) is 51.6 Å². The Hall–Kier alpha value is -2.35. The van der Waals surface area contributed by atoms with Gasteiger partial charge in [-0.3, -0.25) is 13.9 Å². The Labute approximate surface area is 157 Å². The van der Waals surface area contributed by atoms with Gasteiger partial charge in [0, 0.05) is 39.8 Å². The molecule has 2 aromatic rings. The highest BCUT2D eigenvalue weighted by Gasteiger charge is 2.26. The zero-order valence-electron chi connectivity index (χ0n) is 16.4. The van der Waals surface area contributed by atoms with Crippen LogP contribution in [0.25, 0.3) is 11.2 Å². The van der Waals surface area contributed by atoms with Crippen molar-refractivity contribution >= 4 is 17.1 Å². The predicted molar refractivity (Wildman–Crippen MR) is 106 cm³/mol. The molecular formula is C19H28N6O2. The van der Waals surface area contributed by atoms with E-state index >= 15 is 0 Å². The Morgan fingerprint density at radius 3 is 2.59 bits per heavy atom. The third-order valence-electron chi connectivity index (χ3n) is 6.05. The summed E-state index contributed by atoms with van der Waals surface area (Å²) in [7, 11) is 3.20. The first kappa shape index (κ1) is 18.0. The van der Waals surface area contributed by atoms with Gasteiger partial charge in [-0.1, -0.05) is 11.1 Å². The number of nitrogens with zero attached hydrogens (tertiary/aromatic N) is 5. The van der Waals surface area contributed by atoms with Crippen LogP contribution in [0.2, 0.25) is 0 Å². The molecule has 0 bridgehead atoms. The number of allylic oxidation sites excluding steroid dienone is 2. The summed E-state index contributed by atoms with van der Waals surface area (Å²) in [5, 5.41) is 0. The monoisotopic (exact) mass is 372 g/mol. The third-order valence-corrected chi connectivity index (χ3v) is 6.05. The maximum Gasteiger partial charge on any atom is 0.332 e. The molecular weight excluding hydrogens is 344 g/mol. The molecule has 4 rings (SSSR count). The SMILES string of the molecule is CC1=C(Cn2c(N3CCCC(N)C3)nc3c2c(=O)n(C)c(=O)n3C)CCC1. The maximum atomic E-state index is 13.0. The van der Waals surface area contributed by atoms with E-state index in [1.54, 1.807) is 7.05 Å². The molecule has 1 atom stereocenters. The number of fused-ring (bicyclic) bond motifs is 1. The van der Waals surface area contributed by atoms with Gasteiger partial charge in [0.05, 0.1) is 0 Å². The molecule has 1 aliphatic carbocycles. The quantitative estimate of drug-likeness (QED) is 0.807. The van der Waals surface area contributed by atoms with Crippen molar-refractivity contribution in [1.82, 2.24) is 18.7 Å². The molecule has 2 aliphatic rings. The lowest BCUT2D eigenvalue weighted by Gasteiger charge is -2.32. The molecule has 2 aromatic heterocycles. The van der Waals surface area contributed by atoms with Gasteiger partial charge < -0.3 is 15.2 Å². The van der Waals surface area contributed by atoms with E-state index in [9.17, 15) is 9.59 Å². The van der Waals surface area contributed by atoms with Crippen molar-refractivity contribution in [2.75, 3.05) is 18.0 Å². The Bertz CT molecular complexity index is 1040. The van der Waals surface area contributed by atoms with Crippen LogP contribution in [0, 0.1) is 0 Å². The van der Waals surface area contributed by atoms with E-state index in [0.29, 0.717) is 17.7 Å². The van der Waals surface area contributed by atoms with Gasteiger partial charge in [0.15, 0.2) is 11.2 Å². The molecule has 1 saturated heterocycles. The number of hydrogen-bond donors (Lipinski definition) is 1. The van der Waals surface area contributed by atoms with E-state index in [-0.39, 0.29) is 17.3 Å². The van der Waals surface area contributed by atoms with Crippen molar-refractivity contribution in [3.8, 4) is 0 Å². The largest absolute Gasteiger partial charge is 0.341 e. The molecule has 2 N–H and O–H groups in total. The highest BCUT2D eigenvalue weighted by atomic mass is 16.2. The number of rotatable bonds is 3. The zero-order valence-corrected chi connectivity index (χ0v) is 16.4. The normalized spacial score (nSPS) is 20.9. The second-order valence-electron chi connectivity index (χ2n) is 7.96. The molecule has 0 amide bonds. The van der Waals surface area contributed by atoms with Crippen LogP contribution >= 0.6 is 0 Å². The highest BCUT2D eigenvalue weighted by Crippen LogP contribution is 2.30. The average Bonchev–Trinajstić information content (AvgIpc) is 3.23. The van der Waals surface area contributed by atoms with Crippen LogP contribution in [0.15, 0.2) is 20.7 Å². The summed E-state index contributed by atoms with van der Waals surface area (Å²) in [5.74, 6) is 0.755. The summed E-state index contributed by atoms with van der Waals surface area (Å²) in [5.41, 5.74) is 9.28. The molecule has 3 heterocycles. The fourth-order valence-corrected chi connectivity index (χ4v) is 4.38. The molecule has 27 heavy (non-hydrogen) atoms. The van der Waals surface area contributed by atoms with Crippen molar-refractivity contribution in [2.24, 2.45) is 19.8 Å². The van der Waals surface area contributed by atoms with Crippen molar-refractivity contribution < 1.29 is 0 Å². The molecule has 1 aliphatic heterocycles. The van der Waals surface area contributed by atoms with Crippen LogP contribution in [-0.4, -0.2) is 37.8 Å². The molecule has 0 radical (unpaired) electrons. The summed E-state index contributed by atoms with van der Waals surface area (Å²) in [6.45, 7) is 4.40. The topological polar surface area (TPSA) is 91.1 Å². The Balaban J connectivity index is 1.95. The predicted octanol–water partition coefficient (Wildman–Crippen LogP) is 0.862. The van der Waals surface area contributed by atoms with Crippen LogP contribution in [0.1, 0.15) is 39.0 Å². The number of imidazole rings is 1. The minimum absolute atomic E-state index is 0.103. The lowest BCUT2D eigenvalue weighted by atomic mass is 10.1. The van der Waals surface area contributed by atoms with E-state index in [0.717, 1.165) is 51.1 Å². The van der Waals surface area contributed by atoms with Crippen LogP contribution in [0.3, 0.4) is 0 Å². The van der Waals surface area contributed by atoms with Gasteiger partial charge in [-0.05, 0) is 39.0 Å². The number of piperidine rings is 1. The Morgan fingerprint density at radius 1 is 1.15 bits per heavy atom. The van der Waals surface area contributed by atoms with Gasteiger partial charge in [0.1, 0.15) is 0 Å². The second-order valence-corrected chi connectivity index (χ2v) is 7.96. The fourth-order valence-electron chi connectivity index (χ4n) is 4.38. The molecule has 0 aromatic carbocycles. The minimum atomic E-state index is -0.352. The summed E-state index contributed by atoms with van der Waals surface area (Å²) in [6, 6.07) is 0.103. The van der Waals surface area contributed by atoms with E-state index < -0.39 is 0 Å². The van der Waals surface area contributed by atoms with Crippen molar-refractivity contribution in [3.05, 3.63) is 32.0 Å². The van der Waals surface area contributed by atoms with Gasteiger partial charge in [-0.25, -0.2) is 4.79 Å². The Kier molecular flexibility index (Phi) is 4.46. The smallest absolute Gasteiger partial charge is 0.332 e. The van der Waals surface area contributed by atoms with Crippen molar-refractivity contribution in [3.63, 3.8) is 0 Å². The third kappa shape index (κ3) is 2.92. The lowest BCUT2D eigenvalue weighted by Crippen LogP contribution is -2.44. The maximum absolute atomic E-state index is 13.0. The molecule has 0 saturated carbocycles. The number of nitrogens with two attached hydrogens (primary N) is 1. The molecule has 146 valence electrons. The fraction of sp³-hybridized carbons (Fsp3) is 0.632. The van der Waals surface area contributed by atoms with Gasteiger partial charge >= 0.3 is 5.69 Å². The standard InChI is InChI=1S/C19H28N6O2/c1-12-6-4-7-13(12)10-25-15-16(22(2)19(27)23(3)17(15)26)21-18(25)24-9-5-8-14(20)11-24/h14H,4-11,20H2,1-3H3. The van der Waals surface area contributed by atoms with Gasteiger partial charge in [0.2, 0.25) is 5.95 Å². The first-order valence-corrected chi connectivity index (χ1v) is 9.72. The Morgan fingerprint density at radius 2 is 1.93 bits per heavy atom. The van der Waals surface area contributed by atoms with Gasteiger partial charge in [0.25, 0.3) is 5.56 Å². The number of aryl methyl sites for hydroxylation is 1. The molecule has 8 nitrogen and oxygen atoms in total. The van der Waals surface area contributed by atoms with Crippen molar-refractivity contribution in [1.29, 1.82) is 0 Å². The first-order valence-electron chi connectivity index (χ1n) is 9.72. The zero-order chi connectivity index (χ0) is 19.3. The van der Waals surface area contributed by atoms with Crippen LogP contribution in [0.4, 0.5) is 5.95 Å². The van der Waals surface area contributed by atoms with E-state index in [2.05, 4.69) is 11.8 Å². The summed E-state index contributed by atoms with van der Waals surface area (Å²) in [4.78, 5) is 32.3. The van der Waals surface area contributed by atoms with Gasteiger partial charge in [-0.2, -0.15) is 4.98 Å². The second kappa shape index (κ2) is 6.67. The number of aromatic nitrogens is 4. The van der Waals surface area contributed by atoms with E-state index in [1.165, 1.54) is 27.3 Å². The van der Waals surface area contributed by atoms with E-state index in [1.807, 2.05) is 4.57 Å². The van der Waals surface area contributed by atoms with Crippen LogP contribution in [0.5, 0.6) is 0 Å². The molecule has 1 unspecified atom stereocenters. The number of anilines is 1. The summed E-state index contributed by atoms with van der Waals surface area (Å²) < 4.78 is 4.65.